The fourth-order valence-corrected chi connectivity index (χ4v) is 4.30. The highest BCUT2D eigenvalue weighted by molar-refractivity contribution is 7.86. The maximum Gasteiger partial charge on any atom is 0.329 e. The summed E-state index contributed by atoms with van der Waals surface area (Å²) in [5.41, 5.74) is 1.03. The van der Waals surface area contributed by atoms with Gasteiger partial charge in [-0.05, 0) is 38.3 Å². The number of quaternary nitrogens is 1. The third-order valence-electron chi connectivity index (χ3n) is 3.72. The third-order valence-corrected chi connectivity index (χ3v) is 6.09. The van der Waals surface area contributed by atoms with E-state index in [1.807, 2.05) is 6.92 Å². The van der Waals surface area contributed by atoms with Crippen LogP contribution in [0.25, 0.3) is 0 Å². The second kappa shape index (κ2) is 4.99. The van der Waals surface area contributed by atoms with Gasteiger partial charge in [-0.15, -0.1) is 0 Å². The average molecular weight is 270 g/mol. The van der Waals surface area contributed by atoms with E-state index < -0.39 is 10.0 Å². The van der Waals surface area contributed by atoms with Crippen LogP contribution in [0.4, 0.5) is 0 Å². The summed E-state index contributed by atoms with van der Waals surface area (Å²) in [6, 6.07) is 6.86. The van der Waals surface area contributed by atoms with Crippen LogP contribution in [0.1, 0.15) is 24.8 Å². The van der Waals surface area contributed by atoms with Crippen molar-refractivity contribution in [1.82, 2.24) is 0 Å². The Labute approximate surface area is 109 Å². The molecule has 4 nitrogen and oxygen atoms in total. The second-order valence-corrected chi connectivity index (χ2v) is 7.19. The van der Waals surface area contributed by atoms with Gasteiger partial charge in [0.25, 0.3) is 0 Å². The van der Waals surface area contributed by atoms with E-state index in [0.717, 1.165) is 24.8 Å². The van der Waals surface area contributed by atoms with E-state index in [1.54, 1.807) is 24.3 Å². The molecule has 1 heterocycles. The molecule has 1 aromatic rings. The highest BCUT2D eigenvalue weighted by Crippen LogP contribution is 2.28. The van der Waals surface area contributed by atoms with Gasteiger partial charge >= 0.3 is 10.0 Å². The average Bonchev–Trinajstić information content (AvgIpc) is 2.40. The molecule has 18 heavy (non-hydrogen) atoms. The van der Waals surface area contributed by atoms with Crippen molar-refractivity contribution in [3.8, 4) is 0 Å². The molecule has 0 saturated carbocycles. The van der Waals surface area contributed by atoms with E-state index in [0.29, 0.717) is 18.0 Å². The first-order chi connectivity index (χ1) is 8.52. The van der Waals surface area contributed by atoms with Gasteiger partial charge in [-0.1, -0.05) is 17.7 Å². The molecule has 2 rings (SSSR count). The van der Waals surface area contributed by atoms with Crippen molar-refractivity contribution in [3.63, 3.8) is 0 Å². The first kappa shape index (κ1) is 13.5. The molecule has 100 valence electrons. The maximum absolute atomic E-state index is 12.7. The predicted octanol–water partition coefficient (Wildman–Crippen LogP) is 1.63. The quantitative estimate of drug-likeness (QED) is 0.849. The van der Waals surface area contributed by atoms with Crippen LogP contribution in [0.15, 0.2) is 29.2 Å². The Bertz CT molecular complexity index is 502. The number of aliphatic hydroxyl groups is 1. The zero-order chi connectivity index (χ0) is 13.2. The van der Waals surface area contributed by atoms with Crippen LogP contribution in [-0.2, 0) is 10.0 Å². The molecule has 0 spiro atoms. The van der Waals surface area contributed by atoms with Crippen molar-refractivity contribution in [2.75, 3.05) is 19.8 Å². The van der Waals surface area contributed by atoms with E-state index in [9.17, 15) is 13.5 Å². The molecule has 0 atom stereocenters. The number of hydrogen-bond acceptors (Lipinski definition) is 3. The van der Waals surface area contributed by atoms with Crippen LogP contribution < -0.4 is 0 Å². The lowest BCUT2D eigenvalue weighted by Gasteiger charge is -2.37. The Morgan fingerprint density at radius 1 is 1.11 bits per heavy atom. The Hall–Kier alpha value is -0.910. The summed E-state index contributed by atoms with van der Waals surface area (Å²) in [5, 5.41) is 9.59. The van der Waals surface area contributed by atoms with E-state index in [-0.39, 0.29) is 10.6 Å². The largest absolute Gasteiger partial charge is 0.346 e. The highest BCUT2D eigenvalue weighted by atomic mass is 32.2. The summed E-state index contributed by atoms with van der Waals surface area (Å²) >= 11 is 0. The first-order valence-electron chi connectivity index (χ1n) is 6.31. The van der Waals surface area contributed by atoms with E-state index in [4.69, 9.17) is 0 Å². The molecule has 0 radical (unpaired) electrons. The van der Waals surface area contributed by atoms with E-state index >= 15 is 0 Å². The Kier molecular flexibility index (Phi) is 3.75. The molecule has 5 heteroatoms. The Balaban J connectivity index is 2.42. The molecule has 1 aliphatic heterocycles. The number of piperidine rings is 1. The van der Waals surface area contributed by atoms with Crippen LogP contribution in [-0.4, -0.2) is 37.2 Å². The summed E-state index contributed by atoms with van der Waals surface area (Å²) in [5.74, 6) is 0. The summed E-state index contributed by atoms with van der Waals surface area (Å²) in [6.07, 6.45) is 2.75. The fourth-order valence-electron chi connectivity index (χ4n) is 2.48. The molecule has 1 aliphatic rings. The van der Waals surface area contributed by atoms with Gasteiger partial charge < -0.3 is 5.11 Å². The predicted molar refractivity (Wildman–Crippen MR) is 69.3 cm³/mol. The number of aryl methyl sites for hydroxylation is 1. The minimum atomic E-state index is -3.50. The van der Waals surface area contributed by atoms with E-state index in [1.165, 1.54) is 0 Å². The molecule has 1 saturated heterocycles. The highest BCUT2D eigenvalue weighted by Gasteiger charge is 2.43. The number of sulfonamides is 1. The fraction of sp³-hybridized carbons (Fsp3) is 0.538. The molecule has 0 unspecified atom stereocenters. The van der Waals surface area contributed by atoms with Crippen molar-refractivity contribution >= 4 is 10.0 Å². The Morgan fingerprint density at radius 2 is 1.67 bits per heavy atom. The standard InChI is InChI=1S/C13H20NO3S/c1-12-5-7-13(8-6-12)18(16,17)14(11-15)9-3-2-4-10-14/h5-8,15H,2-4,9-11H2,1H3/q+1. The van der Waals surface area contributed by atoms with Gasteiger partial charge in [0.2, 0.25) is 0 Å². The zero-order valence-electron chi connectivity index (χ0n) is 10.7. The van der Waals surface area contributed by atoms with Crippen molar-refractivity contribution < 1.29 is 17.4 Å². The van der Waals surface area contributed by atoms with Gasteiger partial charge in [0, 0.05) is 0 Å². The molecule has 1 N–H and O–H groups in total. The molecule has 0 amide bonds. The SMILES string of the molecule is Cc1ccc(S(=O)(=O)[N+]2(CO)CCCCC2)cc1. The normalized spacial score (nSPS) is 19.7. The lowest BCUT2D eigenvalue weighted by atomic mass is 10.1. The van der Waals surface area contributed by atoms with Crippen molar-refractivity contribution in [2.45, 2.75) is 31.1 Å². The minimum Gasteiger partial charge on any atom is -0.346 e. The van der Waals surface area contributed by atoms with Gasteiger partial charge in [0.1, 0.15) is 4.90 Å². The summed E-state index contributed by atoms with van der Waals surface area (Å²) < 4.78 is 25.1. The lowest BCUT2D eigenvalue weighted by Crippen LogP contribution is -2.55. The van der Waals surface area contributed by atoms with Crippen LogP contribution in [0.3, 0.4) is 0 Å². The Morgan fingerprint density at radius 3 is 2.17 bits per heavy atom. The topological polar surface area (TPSA) is 54.4 Å². The third kappa shape index (κ3) is 2.18. The van der Waals surface area contributed by atoms with Crippen LogP contribution in [0.5, 0.6) is 0 Å². The monoisotopic (exact) mass is 270 g/mol. The maximum atomic E-state index is 12.7. The zero-order valence-corrected chi connectivity index (χ0v) is 11.5. The number of hydrogen-bond donors (Lipinski definition) is 1. The number of likely N-dealkylation sites (tertiary alicyclic amines) is 1. The van der Waals surface area contributed by atoms with Crippen molar-refractivity contribution in [2.24, 2.45) is 0 Å². The van der Waals surface area contributed by atoms with Gasteiger partial charge in [-0.2, -0.15) is 12.3 Å². The lowest BCUT2D eigenvalue weighted by molar-refractivity contribution is -0.833. The first-order valence-corrected chi connectivity index (χ1v) is 7.75. The number of aliphatic hydroxyl groups excluding tert-OH is 1. The minimum absolute atomic E-state index is 0.212. The van der Waals surface area contributed by atoms with Gasteiger partial charge in [-0.3, -0.25) is 0 Å². The van der Waals surface area contributed by atoms with Crippen molar-refractivity contribution in [3.05, 3.63) is 29.8 Å². The molecule has 0 bridgehead atoms. The summed E-state index contributed by atoms with van der Waals surface area (Å²) in [6.45, 7) is 2.60. The molecular weight excluding hydrogens is 250 g/mol. The van der Waals surface area contributed by atoms with E-state index in [2.05, 4.69) is 0 Å². The number of benzene rings is 1. The van der Waals surface area contributed by atoms with Crippen LogP contribution in [0, 0.1) is 6.92 Å². The molecule has 1 aromatic carbocycles. The van der Waals surface area contributed by atoms with Gasteiger partial charge in [0.05, 0.1) is 13.1 Å². The van der Waals surface area contributed by atoms with Gasteiger partial charge in [-0.25, -0.2) is 0 Å². The smallest absolute Gasteiger partial charge is 0.329 e. The van der Waals surface area contributed by atoms with Crippen molar-refractivity contribution in [1.29, 1.82) is 0 Å². The summed E-state index contributed by atoms with van der Waals surface area (Å²) in [4.78, 5) is 0.309. The molecule has 0 aliphatic carbocycles. The number of rotatable bonds is 3. The summed E-state index contributed by atoms with van der Waals surface area (Å²) in [7, 11) is -3.50. The molecule has 0 aromatic heterocycles. The molecule has 1 fully saturated rings. The van der Waals surface area contributed by atoms with Crippen LogP contribution >= 0.6 is 0 Å². The molecular formula is C13H20NO3S+. The second-order valence-electron chi connectivity index (χ2n) is 5.00. The van der Waals surface area contributed by atoms with Gasteiger partial charge in [0.15, 0.2) is 6.73 Å². The number of nitrogens with zero attached hydrogens (tertiary/aromatic N) is 1. The van der Waals surface area contributed by atoms with Crippen LogP contribution in [0.2, 0.25) is 0 Å².